The third kappa shape index (κ3) is 5.77. The zero-order valence-electron chi connectivity index (χ0n) is 23.6. The first-order valence-electron chi connectivity index (χ1n) is 13.5. The van der Waals surface area contributed by atoms with Crippen LogP contribution in [0.2, 0.25) is 10.2 Å². The summed E-state index contributed by atoms with van der Waals surface area (Å²) in [5, 5.41) is 21.8. The van der Waals surface area contributed by atoms with Gasteiger partial charge in [-0.05, 0) is 44.2 Å². The Balaban J connectivity index is 0.000000175. The third-order valence-corrected chi connectivity index (χ3v) is 7.10. The Morgan fingerprint density at radius 3 is 1.95 bits per heavy atom. The maximum absolute atomic E-state index is 11.9. The number of carbonyl (C=O) groups is 2. The van der Waals surface area contributed by atoms with Crippen molar-refractivity contribution in [1.29, 1.82) is 0 Å². The maximum Gasteiger partial charge on any atom is 0.360 e. The summed E-state index contributed by atoms with van der Waals surface area (Å²) in [5.41, 5.74) is 2.60. The van der Waals surface area contributed by atoms with Gasteiger partial charge in [0.25, 0.3) is 0 Å². The van der Waals surface area contributed by atoms with E-state index in [-0.39, 0.29) is 51.7 Å². The minimum Gasteiger partial charge on any atom is -0.505 e. The smallest absolute Gasteiger partial charge is 0.360 e. The molecule has 10 nitrogen and oxygen atoms in total. The van der Waals surface area contributed by atoms with Crippen molar-refractivity contribution in [2.24, 2.45) is 0 Å². The van der Waals surface area contributed by atoms with Crippen LogP contribution in [0.3, 0.4) is 0 Å². The Morgan fingerprint density at radius 1 is 0.795 bits per heavy atom. The fourth-order valence-electron chi connectivity index (χ4n) is 4.61. The lowest BCUT2D eigenvalue weighted by Gasteiger charge is -2.09. The van der Waals surface area contributed by atoms with Crippen molar-refractivity contribution >= 4 is 56.9 Å². The summed E-state index contributed by atoms with van der Waals surface area (Å²) in [6, 6.07) is 20.8. The largest absolute Gasteiger partial charge is 0.505 e. The van der Waals surface area contributed by atoms with Gasteiger partial charge in [0, 0.05) is 29.2 Å². The molecule has 0 fully saturated rings. The first-order chi connectivity index (χ1) is 21.3. The number of pyridine rings is 2. The number of aromatic hydroxyl groups is 2. The Kier molecular flexibility index (Phi) is 9.03. The molecule has 6 rings (SSSR count). The molecule has 0 saturated carbocycles. The minimum atomic E-state index is -0.752. The normalized spacial score (nSPS) is 10.8. The molecule has 0 radical (unpaired) electrons. The Morgan fingerprint density at radius 2 is 1.36 bits per heavy atom. The van der Waals surface area contributed by atoms with E-state index in [4.69, 9.17) is 32.7 Å². The molecule has 0 aliphatic heterocycles. The first kappa shape index (κ1) is 30.4. The second-order valence-corrected chi connectivity index (χ2v) is 9.99. The molecule has 0 spiro atoms. The Labute approximate surface area is 261 Å². The number of halogens is 2. The molecular weight excluding hydrogens is 607 g/mol. The lowest BCUT2D eigenvalue weighted by atomic mass is 10.2. The number of fused-ring (bicyclic) bond motifs is 2. The fourth-order valence-corrected chi connectivity index (χ4v) is 5.16. The number of esters is 2. The molecule has 6 aromatic rings. The lowest BCUT2D eigenvalue weighted by Crippen LogP contribution is -2.08. The van der Waals surface area contributed by atoms with Gasteiger partial charge < -0.3 is 28.8 Å². The maximum atomic E-state index is 11.9. The molecule has 12 heteroatoms. The molecule has 0 aliphatic carbocycles. The summed E-state index contributed by atoms with van der Waals surface area (Å²) < 4.78 is 13.4. The van der Waals surface area contributed by atoms with Crippen LogP contribution >= 0.6 is 23.2 Å². The number of carbonyl (C=O) groups excluding carboxylic acids is 2. The predicted molar refractivity (Wildman–Crippen MR) is 167 cm³/mol. The molecule has 44 heavy (non-hydrogen) atoms. The molecule has 0 amide bonds. The predicted octanol–water partition coefficient (Wildman–Crippen LogP) is 7.12. The molecule has 2 N–H and O–H groups in total. The second kappa shape index (κ2) is 13.1. The van der Waals surface area contributed by atoms with Crippen LogP contribution in [0, 0.1) is 0 Å². The van der Waals surface area contributed by atoms with Crippen molar-refractivity contribution in [3.05, 3.63) is 107 Å². The molecule has 0 bridgehead atoms. The van der Waals surface area contributed by atoms with Gasteiger partial charge in [0.15, 0.2) is 28.0 Å². The highest BCUT2D eigenvalue weighted by atomic mass is 35.5. The van der Waals surface area contributed by atoms with Crippen LogP contribution in [0.1, 0.15) is 34.8 Å². The quantitative estimate of drug-likeness (QED) is 0.147. The second-order valence-electron chi connectivity index (χ2n) is 9.22. The molecule has 2 aromatic carbocycles. The number of aromatic nitrogens is 4. The summed E-state index contributed by atoms with van der Waals surface area (Å²) in [7, 11) is 0. The van der Waals surface area contributed by atoms with E-state index in [1.54, 1.807) is 36.9 Å². The van der Waals surface area contributed by atoms with Crippen molar-refractivity contribution in [3.8, 4) is 22.9 Å². The number of rotatable bonds is 6. The van der Waals surface area contributed by atoms with Gasteiger partial charge in [-0.25, -0.2) is 19.6 Å². The van der Waals surface area contributed by atoms with Gasteiger partial charge in [0.1, 0.15) is 0 Å². The van der Waals surface area contributed by atoms with Crippen LogP contribution in [0.4, 0.5) is 0 Å². The summed E-state index contributed by atoms with van der Waals surface area (Å²) >= 11 is 12.5. The van der Waals surface area contributed by atoms with Gasteiger partial charge in [0.05, 0.1) is 40.9 Å². The van der Waals surface area contributed by atoms with E-state index in [1.807, 2.05) is 71.4 Å². The van der Waals surface area contributed by atoms with Gasteiger partial charge >= 0.3 is 11.9 Å². The van der Waals surface area contributed by atoms with E-state index in [1.165, 1.54) is 0 Å². The molecular formula is C32H26Cl2N4O6. The molecule has 0 aliphatic rings. The van der Waals surface area contributed by atoms with Gasteiger partial charge in [-0.3, -0.25) is 0 Å². The van der Waals surface area contributed by atoms with Crippen LogP contribution in [0.5, 0.6) is 11.5 Å². The van der Waals surface area contributed by atoms with E-state index in [2.05, 4.69) is 9.97 Å². The molecule has 0 atom stereocenters. The van der Waals surface area contributed by atoms with Crippen LogP contribution < -0.4 is 0 Å². The molecule has 0 saturated heterocycles. The van der Waals surface area contributed by atoms with Crippen LogP contribution in [-0.2, 0) is 9.47 Å². The standard InChI is InChI=1S/C16H12Cl2N2O3.C16H14N2O3/c1-2-23-16(22)12-14(21)11-10(17)8-20(13(11)15(18)19-12)9-6-4-3-5-7-9;1-2-21-16(20)14-15(19)12-8-9-18(13(12)10-17-14)11-6-4-3-5-7-11/h3-8,21H,2H2,1H3;3-10,19H,2H2,1H3. The SMILES string of the molecule is CCOC(=O)c1nc(Cl)c2c(c(Cl)cn2-c2ccccc2)c1O.CCOC(=O)c1ncc2c(ccn2-c2ccccc2)c1O. The van der Waals surface area contributed by atoms with Gasteiger partial charge in [0.2, 0.25) is 0 Å². The van der Waals surface area contributed by atoms with Gasteiger partial charge in [-0.15, -0.1) is 0 Å². The highest BCUT2D eigenvalue weighted by molar-refractivity contribution is 6.40. The number of para-hydroxylation sites is 2. The Bertz CT molecular complexity index is 1970. The number of hydrogen-bond donors (Lipinski definition) is 2. The summed E-state index contributed by atoms with van der Waals surface area (Å²) in [5.74, 6) is -1.87. The first-order valence-corrected chi connectivity index (χ1v) is 14.2. The van der Waals surface area contributed by atoms with Crippen molar-refractivity contribution in [1.82, 2.24) is 19.1 Å². The fraction of sp³-hybridized carbons (Fsp3) is 0.125. The van der Waals surface area contributed by atoms with Crippen molar-refractivity contribution in [3.63, 3.8) is 0 Å². The minimum absolute atomic E-state index is 0.0524. The molecule has 4 heterocycles. The monoisotopic (exact) mass is 632 g/mol. The number of ether oxygens (including phenoxy) is 2. The molecule has 4 aromatic heterocycles. The summed E-state index contributed by atoms with van der Waals surface area (Å²) in [6.07, 6.45) is 5.01. The summed E-state index contributed by atoms with van der Waals surface area (Å²) in [4.78, 5) is 31.6. The van der Waals surface area contributed by atoms with E-state index < -0.39 is 11.9 Å². The topological polar surface area (TPSA) is 129 Å². The van der Waals surface area contributed by atoms with E-state index in [9.17, 15) is 19.8 Å². The van der Waals surface area contributed by atoms with Crippen LogP contribution in [0.25, 0.3) is 33.2 Å². The van der Waals surface area contributed by atoms with E-state index >= 15 is 0 Å². The average Bonchev–Trinajstić information content (AvgIpc) is 3.63. The molecule has 224 valence electrons. The number of benzene rings is 2. The van der Waals surface area contributed by atoms with E-state index in [0.717, 1.165) is 16.9 Å². The zero-order valence-corrected chi connectivity index (χ0v) is 25.1. The van der Waals surface area contributed by atoms with Crippen molar-refractivity contribution in [2.45, 2.75) is 13.8 Å². The Hall–Kier alpha value is -5.06. The van der Waals surface area contributed by atoms with Crippen molar-refractivity contribution < 1.29 is 29.3 Å². The lowest BCUT2D eigenvalue weighted by molar-refractivity contribution is 0.0506. The van der Waals surface area contributed by atoms with E-state index in [0.29, 0.717) is 10.9 Å². The highest BCUT2D eigenvalue weighted by Crippen LogP contribution is 2.40. The number of nitrogens with zero attached hydrogens (tertiary/aromatic N) is 4. The highest BCUT2D eigenvalue weighted by Gasteiger charge is 2.24. The number of hydrogen-bond acceptors (Lipinski definition) is 8. The van der Waals surface area contributed by atoms with Crippen molar-refractivity contribution in [2.75, 3.05) is 13.2 Å². The van der Waals surface area contributed by atoms with Crippen LogP contribution in [-0.4, -0.2) is 54.5 Å². The summed E-state index contributed by atoms with van der Waals surface area (Å²) in [6.45, 7) is 3.77. The zero-order chi connectivity index (χ0) is 31.4. The molecule has 0 unspecified atom stereocenters. The van der Waals surface area contributed by atoms with Gasteiger partial charge in [-0.1, -0.05) is 59.6 Å². The third-order valence-electron chi connectivity index (χ3n) is 6.55. The van der Waals surface area contributed by atoms with Gasteiger partial charge in [-0.2, -0.15) is 0 Å². The average molecular weight is 633 g/mol. The van der Waals surface area contributed by atoms with Crippen LogP contribution in [0.15, 0.2) is 85.3 Å².